The van der Waals surface area contributed by atoms with Gasteiger partial charge in [0.15, 0.2) is 0 Å². The van der Waals surface area contributed by atoms with Crippen molar-refractivity contribution in [3.63, 3.8) is 0 Å². The van der Waals surface area contributed by atoms with Gasteiger partial charge in [0.2, 0.25) is 41.4 Å². The quantitative estimate of drug-likeness (QED) is 0.0336. The molecule has 0 aliphatic rings. The number of amides is 7. The van der Waals surface area contributed by atoms with Gasteiger partial charge in [0.05, 0.1) is 31.7 Å². The number of carbonyl (C=O) groups excluding carboxylic acids is 7. The van der Waals surface area contributed by atoms with Crippen LogP contribution in [0.25, 0.3) is 0 Å². The number of carbonyl (C=O) groups is 9. The fourth-order valence-electron chi connectivity index (χ4n) is 6.53. The topological polar surface area (TPSA) is 417 Å². The molecule has 18 N–H and O–H groups in total. The number of phenols is 1. The molecule has 366 valence electrons. The van der Waals surface area contributed by atoms with Gasteiger partial charge >= 0.3 is 11.9 Å². The summed E-state index contributed by atoms with van der Waals surface area (Å²) in [5, 5.41) is 66.1. The van der Waals surface area contributed by atoms with E-state index in [1.165, 1.54) is 38.1 Å². The highest BCUT2D eigenvalue weighted by Gasteiger charge is 2.29. The number of rotatable bonds is 31. The van der Waals surface area contributed by atoms with Crippen molar-refractivity contribution in [2.45, 2.75) is 152 Å². The molecule has 1 unspecified atom stereocenters. The van der Waals surface area contributed by atoms with Gasteiger partial charge in [-0.1, -0.05) is 12.1 Å². The van der Waals surface area contributed by atoms with Crippen LogP contribution in [0.3, 0.4) is 0 Å². The minimum atomic E-state index is -1.81. The molecule has 1 rings (SSSR count). The van der Waals surface area contributed by atoms with E-state index in [1.54, 1.807) is 13.8 Å². The molecule has 0 bridgehead atoms. The van der Waals surface area contributed by atoms with E-state index < -0.39 is 127 Å². The first-order valence-electron chi connectivity index (χ1n) is 21.0. The van der Waals surface area contributed by atoms with E-state index in [4.69, 9.17) is 17.2 Å². The van der Waals surface area contributed by atoms with Crippen LogP contribution in [0.15, 0.2) is 24.3 Å². The molecule has 0 aliphatic carbocycles. The maximum absolute atomic E-state index is 13.1. The van der Waals surface area contributed by atoms with Gasteiger partial charge in [-0.05, 0) is 77.7 Å². The number of phenolic OH excluding ortho intramolecular Hbond substituents is 1. The second-order valence-electron chi connectivity index (χ2n) is 17.2. The number of hydrogen-bond donors (Lipinski definition) is 15. The van der Waals surface area contributed by atoms with Crippen LogP contribution in [0.4, 0.5) is 0 Å². The maximum Gasteiger partial charge on any atom is 0.305 e. The molecule has 0 aliphatic heterocycles. The van der Waals surface area contributed by atoms with E-state index in [2.05, 4.69) is 37.2 Å². The first-order chi connectivity index (χ1) is 30.2. The monoisotopic (exact) mass is 924 g/mol. The molecule has 0 saturated carbocycles. The summed E-state index contributed by atoms with van der Waals surface area (Å²) in [5.41, 5.74) is 15.7. The average Bonchev–Trinajstić information content (AvgIpc) is 3.11. The number of carboxylic acid groups (broad SMARTS) is 2. The Morgan fingerprint density at radius 3 is 1.52 bits per heavy atom. The second-order valence-corrected chi connectivity index (χ2v) is 17.2. The highest BCUT2D eigenvalue weighted by atomic mass is 16.4. The van der Waals surface area contributed by atoms with Crippen LogP contribution >= 0.6 is 0 Å². The van der Waals surface area contributed by atoms with Crippen molar-refractivity contribution >= 4 is 53.3 Å². The van der Waals surface area contributed by atoms with Gasteiger partial charge in [0.1, 0.15) is 18.2 Å². The number of aliphatic carboxylic acids is 2. The molecule has 0 saturated heterocycles. The predicted octanol–water partition coefficient (Wildman–Crippen LogP) is -2.73. The lowest BCUT2D eigenvalue weighted by atomic mass is 9.98. The Balaban J connectivity index is 2.71. The smallest absolute Gasteiger partial charge is 0.305 e. The third-order valence-electron chi connectivity index (χ3n) is 9.20. The van der Waals surface area contributed by atoms with Crippen LogP contribution in [0.5, 0.6) is 5.75 Å². The minimum absolute atomic E-state index is 0.0384. The lowest BCUT2D eigenvalue weighted by Gasteiger charge is -2.28. The molecular formula is C41H68N10O14. The molecule has 0 spiro atoms. The number of aliphatic hydroxyl groups is 2. The molecule has 65 heavy (non-hydrogen) atoms. The number of nitrogens with one attached hydrogen (secondary N) is 7. The van der Waals surface area contributed by atoms with Gasteiger partial charge in [-0.25, -0.2) is 0 Å². The van der Waals surface area contributed by atoms with Crippen molar-refractivity contribution in [1.82, 2.24) is 37.2 Å². The fourth-order valence-corrected chi connectivity index (χ4v) is 6.53. The van der Waals surface area contributed by atoms with E-state index in [0.29, 0.717) is 24.9 Å². The van der Waals surface area contributed by atoms with Crippen LogP contribution in [0.2, 0.25) is 0 Å². The van der Waals surface area contributed by atoms with E-state index >= 15 is 0 Å². The van der Waals surface area contributed by atoms with E-state index in [0.717, 1.165) is 0 Å². The Morgan fingerprint density at radius 1 is 0.538 bits per heavy atom. The Kier molecular flexibility index (Phi) is 24.6. The van der Waals surface area contributed by atoms with Gasteiger partial charge < -0.3 is 80.0 Å². The molecule has 1 aromatic rings. The number of aliphatic hydroxyl groups excluding tert-OH is 2. The molecule has 7 amide bonds. The van der Waals surface area contributed by atoms with Crippen molar-refractivity contribution < 1.29 is 68.7 Å². The first-order valence-corrected chi connectivity index (χ1v) is 21.0. The van der Waals surface area contributed by atoms with Crippen molar-refractivity contribution in [3.8, 4) is 5.75 Å². The predicted molar refractivity (Wildman–Crippen MR) is 232 cm³/mol. The molecule has 0 heterocycles. The summed E-state index contributed by atoms with van der Waals surface area (Å²) >= 11 is 0. The van der Waals surface area contributed by atoms with Crippen molar-refractivity contribution in [2.24, 2.45) is 17.2 Å². The third-order valence-corrected chi connectivity index (χ3v) is 9.20. The summed E-state index contributed by atoms with van der Waals surface area (Å²) in [6, 6.07) is 1.72. The van der Waals surface area contributed by atoms with E-state index in [9.17, 15) is 68.7 Å². The molecule has 0 fully saturated rings. The standard InChI is InChI=1S/C41H68N10O14/c1-40(2,44)21-36(60)46-24(6-5-12-42)14-29(53)45-25(11-13-43)15-35(59)51-41(3,4)22-37(61)50-34(58)19-31(55)47-26(17-38(62)63)16-30(54)49-33(57)20-32(56)48-28(18-39(64)65)23-7-9-27(52)10-8-23/h7-10,24-26,28,33-34,52,57-58H,5-6,11-22,42-44H2,1-4H3,(H,45,53)(H,46,60)(H,47,55)(H,48,56)(H,49,54)(H,50,61)(H,51,59)(H,62,63)(H,64,65)/t24-,25-,26?,28+,33+,34+/m0/s1. The van der Waals surface area contributed by atoms with Crippen LogP contribution in [0.1, 0.15) is 116 Å². The SMILES string of the molecule is CC(C)(N)CC(=O)N[C@@H](CCCN)CC(=O)N[C@@H](CCN)CC(=O)NC(C)(C)CC(=O)N[C@H](O)CC(=O)NC(CC(=O)O)CC(=O)N[C@H](O)CC(=O)N[C@H](CC(=O)O)c1ccc(O)cc1. The summed E-state index contributed by atoms with van der Waals surface area (Å²) in [7, 11) is 0. The maximum atomic E-state index is 13.1. The first kappa shape index (κ1) is 57.1. The Hall–Kier alpha value is -5.95. The van der Waals surface area contributed by atoms with Crippen LogP contribution in [0, 0.1) is 0 Å². The summed E-state index contributed by atoms with van der Waals surface area (Å²) in [6.45, 7) is 6.92. The number of hydrogen-bond acceptors (Lipinski definition) is 15. The zero-order valence-corrected chi connectivity index (χ0v) is 37.3. The number of carboxylic acids is 2. The second kappa shape index (κ2) is 28.1. The highest BCUT2D eigenvalue weighted by Crippen LogP contribution is 2.20. The summed E-state index contributed by atoms with van der Waals surface area (Å²) < 4.78 is 0. The number of benzene rings is 1. The van der Waals surface area contributed by atoms with Gasteiger partial charge in [-0.2, -0.15) is 0 Å². The van der Waals surface area contributed by atoms with Crippen molar-refractivity contribution in [2.75, 3.05) is 13.1 Å². The summed E-state index contributed by atoms with van der Waals surface area (Å²) in [4.78, 5) is 112. The Labute approximate surface area is 376 Å². The molecule has 24 heteroatoms. The van der Waals surface area contributed by atoms with Crippen LogP contribution in [-0.2, 0) is 43.2 Å². The zero-order valence-electron chi connectivity index (χ0n) is 37.3. The lowest BCUT2D eigenvalue weighted by Crippen LogP contribution is -2.51. The van der Waals surface area contributed by atoms with Gasteiger partial charge in [-0.15, -0.1) is 0 Å². The Morgan fingerprint density at radius 2 is 0.985 bits per heavy atom. The van der Waals surface area contributed by atoms with Crippen molar-refractivity contribution in [1.29, 1.82) is 0 Å². The van der Waals surface area contributed by atoms with Gasteiger partial charge in [0.25, 0.3) is 0 Å². The van der Waals surface area contributed by atoms with Crippen LogP contribution < -0.4 is 54.4 Å². The third kappa shape index (κ3) is 27.1. The van der Waals surface area contributed by atoms with Crippen molar-refractivity contribution in [3.05, 3.63) is 29.8 Å². The molecule has 0 aromatic heterocycles. The van der Waals surface area contributed by atoms with Gasteiger partial charge in [-0.3, -0.25) is 43.2 Å². The molecule has 6 atom stereocenters. The number of nitrogens with two attached hydrogens (primary N) is 3. The molecule has 24 nitrogen and oxygen atoms in total. The molecular weight excluding hydrogens is 857 g/mol. The summed E-state index contributed by atoms with van der Waals surface area (Å²) in [6.07, 6.45) is -6.53. The fraction of sp³-hybridized carbons (Fsp3) is 0.634. The van der Waals surface area contributed by atoms with E-state index in [1.807, 2.05) is 0 Å². The average molecular weight is 925 g/mol. The van der Waals surface area contributed by atoms with Crippen LogP contribution in [-0.4, -0.2) is 134 Å². The van der Waals surface area contributed by atoms with E-state index in [-0.39, 0.29) is 50.3 Å². The zero-order chi connectivity index (χ0) is 49.5. The largest absolute Gasteiger partial charge is 0.508 e. The molecule has 0 radical (unpaired) electrons. The summed E-state index contributed by atoms with van der Waals surface area (Å²) in [5.74, 6) is -7.66. The normalized spacial score (nSPS) is 14.2. The van der Waals surface area contributed by atoms with Gasteiger partial charge in [0, 0.05) is 61.3 Å². The number of aromatic hydroxyl groups is 1. The molecule has 1 aromatic carbocycles. The minimum Gasteiger partial charge on any atom is -0.508 e. The highest BCUT2D eigenvalue weighted by molar-refractivity contribution is 5.85. The Bertz CT molecular complexity index is 1770. The lowest BCUT2D eigenvalue weighted by molar-refractivity contribution is -0.139.